The van der Waals surface area contributed by atoms with Gasteiger partial charge in [-0.1, -0.05) is 68.4 Å². The van der Waals surface area contributed by atoms with Crippen molar-refractivity contribution in [1.82, 2.24) is 4.98 Å². The van der Waals surface area contributed by atoms with E-state index in [1.165, 1.54) is 0 Å². The molecule has 0 atom stereocenters. The number of carbonyl (C=O) groups is 2. The average molecular weight is 471 g/mol. The van der Waals surface area contributed by atoms with Gasteiger partial charge in [0.05, 0.1) is 16.3 Å². The number of anilines is 1. The number of nitrogens with zero attached hydrogens (tertiary/aromatic N) is 1. The first-order valence-corrected chi connectivity index (χ1v) is 11.8. The molecule has 0 radical (unpaired) electrons. The standard InChI is InChI=1S/C28H26N2O3S/c1-28(2,17-26(31)32)16-25-29-18-24(34-25)21-8-10-22(11-9-21)27(33)30-23-14-12-20(13-15-23)19-6-4-3-5-7-19/h3-15,18H,16-17H2,1-2H3,(H,30,33)(H,31,32). The van der Waals surface area contributed by atoms with Crippen molar-refractivity contribution in [2.45, 2.75) is 26.7 Å². The summed E-state index contributed by atoms with van der Waals surface area (Å²) in [6.07, 6.45) is 2.51. The third-order valence-corrected chi connectivity index (χ3v) is 6.54. The Morgan fingerprint density at radius 3 is 2.15 bits per heavy atom. The van der Waals surface area contributed by atoms with Gasteiger partial charge in [-0.25, -0.2) is 4.98 Å². The van der Waals surface area contributed by atoms with E-state index in [1.54, 1.807) is 29.7 Å². The maximum absolute atomic E-state index is 12.7. The van der Waals surface area contributed by atoms with Crippen molar-refractivity contribution < 1.29 is 14.7 Å². The molecule has 1 aromatic heterocycles. The van der Waals surface area contributed by atoms with Gasteiger partial charge in [0, 0.05) is 23.9 Å². The van der Waals surface area contributed by atoms with Crippen LogP contribution in [0.3, 0.4) is 0 Å². The highest BCUT2D eigenvalue weighted by molar-refractivity contribution is 7.15. The van der Waals surface area contributed by atoms with Crippen LogP contribution < -0.4 is 5.32 Å². The largest absolute Gasteiger partial charge is 0.481 e. The van der Waals surface area contributed by atoms with E-state index < -0.39 is 5.97 Å². The van der Waals surface area contributed by atoms with Gasteiger partial charge in [-0.3, -0.25) is 9.59 Å². The first-order chi connectivity index (χ1) is 16.3. The summed E-state index contributed by atoms with van der Waals surface area (Å²) in [4.78, 5) is 29.2. The Labute approximate surface area is 203 Å². The summed E-state index contributed by atoms with van der Waals surface area (Å²) in [5.41, 5.74) is 4.16. The van der Waals surface area contributed by atoms with Crippen molar-refractivity contribution in [3.63, 3.8) is 0 Å². The molecule has 6 heteroatoms. The molecule has 5 nitrogen and oxygen atoms in total. The molecule has 0 spiro atoms. The molecule has 0 aliphatic carbocycles. The topological polar surface area (TPSA) is 79.3 Å². The summed E-state index contributed by atoms with van der Waals surface area (Å²) in [6.45, 7) is 3.87. The second-order valence-corrected chi connectivity index (χ2v) is 10.1. The van der Waals surface area contributed by atoms with E-state index in [0.29, 0.717) is 12.0 Å². The van der Waals surface area contributed by atoms with Gasteiger partial charge >= 0.3 is 5.97 Å². The number of aromatic nitrogens is 1. The van der Waals surface area contributed by atoms with Crippen LogP contribution in [0, 0.1) is 5.41 Å². The average Bonchev–Trinajstić information content (AvgIpc) is 3.27. The third kappa shape index (κ3) is 5.97. The maximum Gasteiger partial charge on any atom is 0.303 e. The van der Waals surface area contributed by atoms with Crippen molar-refractivity contribution in [2.75, 3.05) is 5.32 Å². The van der Waals surface area contributed by atoms with Gasteiger partial charge in [0.15, 0.2) is 0 Å². The lowest BCUT2D eigenvalue weighted by atomic mass is 9.86. The third-order valence-electron chi connectivity index (χ3n) is 5.49. The minimum absolute atomic E-state index is 0.0979. The minimum atomic E-state index is -0.803. The predicted molar refractivity (Wildman–Crippen MR) is 137 cm³/mol. The van der Waals surface area contributed by atoms with Crippen LogP contribution in [-0.4, -0.2) is 22.0 Å². The molecule has 34 heavy (non-hydrogen) atoms. The number of nitrogens with one attached hydrogen (secondary N) is 1. The smallest absolute Gasteiger partial charge is 0.303 e. The van der Waals surface area contributed by atoms with E-state index in [-0.39, 0.29) is 17.7 Å². The molecule has 4 rings (SSSR count). The van der Waals surface area contributed by atoms with Crippen LogP contribution in [0.25, 0.3) is 21.6 Å². The fraction of sp³-hybridized carbons (Fsp3) is 0.179. The highest BCUT2D eigenvalue weighted by atomic mass is 32.1. The van der Waals surface area contributed by atoms with Gasteiger partial charge in [-0.15, -0.1) is 11.3 Å². The number of carboxylic acid groups (broad SMARTS) is 1. The van der Waals surface area contributed by atoms with E-state index in [2.05, 4.69) is 22.4 Å². The number of hydrogen-bond acceptors (Lipinski definition) is 4. The molecule has 1 heterocycles. The molecule has 4 aromatic rings. The molecule has 0 unspecified atom stereocenters. The van der Waals surface area contributed by atoms with E-state index in [1.807, 2.05) is 68.4 Å². The van der Waals surface area contributed by atoms with Crippen molar-refractivity contribution in [1.29, 1.82) is 0 Å². The minimum Gasteiger partial charge on any atom is -0.481 e. The number of hydrogen-bond donors (Lipinski definition) is 2. The zero-order valence-corrected chi connectivity index (χ0v) is 19.9. The summed E-state index contributed by atoms with van der Waals surface area (Å²) in [7, 11) is 0. The lowest BCUT2D eigenvalue weighted by molar-refractivity contribution is -0.139. The van der Waals surface area contributed by atoms with Gasteiger partial charge in [0.2, 0.25) is 0 Å². The summed E-state index contributed by atoms with van der Waals surface area (Å²) in [6, 6.07) is 25.3. The van der Waals surface area contributed by atoms with Crippen LogP contribution >= 0.6 is 11.3 Å². The highest BCUT2D eigenvalue weighted by Crippen LogP contribution is 2.32. The fourth-order valence-corrected chi connectivity index (χ4v) is 4.95. The molecular formula is C28H26N2O3S. The maximum atomic E-state index is 12.7. The summed E-state index contributed by atoms with van der Waals surface area (Å²) in [5.74, 6) is -0.970. The van der Waals surface area contributed by atoms with Crippen molar-refractivity contribution in [3.05, 3.63) is 95.6 Å². The molecule has 172 valence electrons. The van der Waals surface area contributed by atoms with Crippen LogP contribution in [0.5, 0.6) is 0 Å². The van der Waals surface area contributed by atoms with E-state index in [9.17, 15) is 9.59 Å². The molecular weight excluding hydrogens is 444 g/mol. The molecule has 3 aromatic carbocycles. The Hall–Kier alpha value is -3.77. The fourth-order valence-electron chi connectivity index (χ4n) is 3.77. The van der Waals surface area contributed by atoms with Crippen molar-refractivity contribution in [2.24, 2.45) is 5.41 Å². The Morgan fingerprint density at radius 2 is 1.50 bits per heavy atom. The van der Waals surface area contributed by atoms with Crippen LogP contribution in [0.15, 0.2) is 85.1 Å². The Bertz CT molecular complexity index is 1280. The Kier molecular flexibility index (Phi) is 6.89. The molecule has 0 saturated heterocycles. The normalized spacial score (nSPS) is 11.2. The van der Waals surface area contributed by atoms with Crippen LogP contribution in [-0.2, 0) is 11.2 Å². The van der Waals surface area contributed by atoms with Crippen molar-refractivity contribution >= 4 is 28.9 Å². The van der Waals surface area contributed by atoms with Crippen LogP contribution in [0.4, 0.5) is 5.69 Å². The zero-order valence-electron chi connectivity index (χ0n) is 19.1. The monoisotopic (exact) mass is 470 g/mol. The van der Waals surface area contributed by atoms with Gasteiger partial charge in [-0.05, 0) is 46.4 Å². The second kappa shape index (κ2) is 10.0. The van der Waals surface area contributed by atoms with E-state index in [0.717, 1.165) is 32.3 Å². The number of benzene rings is 3. The first kappa shape index (κ1) is 23.4. The molecule has 0 aliphatic rings. The SMILES string of the molecule is CC(C)(CC(=O)O)Cc1ncc(-c2ccc(C(=O)Nc3ccc(-c4ccccc4)cc3)cc2)s1. The molecule has 0 saturated carbocycles. The molecule has 0 fully saturated rings. The van der Waals surface area contributed by atoms with E-state index >= 15 is 0 Å². The summed E-state index contributed by atoms with van der Waals surface area (Å²) in [5, 5.41) is 12.9. The second-order valence-electron chi connectivity index (χ2n) is 9.00. The van der Waals surface area contributed by atoms with E-state index in [4.69, 9.17) is 5.11 Å². The van der Waals surface area contributed by atoms with Crippen LogP contribution in [0.1, 0.15) is 35.6 Å². The lowest BCUT2D eigenvalue weighted by Crippen LogP contribution is -2.19. The number of amides is 1. The number of rotatable bonds is 8. The summed E-state index contributed by atoms with van der Waals surface area (Å²) < 4.78 is 0. The van der Waals surface area contributed by atoms with Crippen molar-refractivity contribution in [3.8, 4) is 21.6 Å². The number of thiazole rings is 1. The Morgan fingerprint density at radius 1 is 0.882 bits per heavy atom. The van der Waals surface area contributed by atoms with Gasteiger partial charge in [0.25, 0.3) is 5.91 Å². The zero-order chi connectivity index (χ0) is 24.1. The number of aliphatic carboxylic acids is 1. The number of carboxylic acids is 1. The Balaban J connectivity index is 1.39. The molecule has 0 bridgehead atoms. The van der Waals surface area contributed by atoms with Crippen LogP contribution in [0.2, 0.25) is 0 Å². The van der Waals surface area contributed by atoms with Gasteiger partial charge in [0.1, 0.15) is 0 Å². The van der Waals surface area contributed by atoms with Gasteiger partial charge in [-0.2, -0.15) is 0 Å². The summed E-state index contributed by atoms with van der Waals surface area (Å²) >= 11 is 1.55. The quantitative estimate of drug-likeness (QED) is 0.298. The first-order valence-electron chi connectivity index (χ1n) is 11.0. The molecule has 0 aliphatic heterocycles. The molecule has 1 amide bonds. The van der Waals surface area contributed by atoms with Gasteiger partial charge < -0.3 is 10.4 Å². The highest BCUT2D eigenvalue weighted by Gasteiger charge is 2.24. The lowest BCUT2D eigenvalue weighted by Gasteiger charge is -2.20. The molecule has 2 N–H and O–H groups in total. The predicted octanol–water partition coefficient (Wildman–Crippen LogP) is 6.77. The number of carbonyl (C=O) groups excluding carboxylic acids is 1.